The van der Waals surface area contributed by atoms with Crippen LogP contribution in [-0.2, 0) is 11.8 Å². The molecule has 0 saturated heterocycles. The van der Waals surface area contributed by atoms with Gasteiger partial charge in [-0.3, -0.25) is 0 Å². The molecule has 3 nitrogen and oxygen atoms in total. The zero-order valence-electron chi connectivity index (χ0n) is 15.6. The Bertz CT molecular complexity index is 967. The highest BCUT2D eigenvalue weighted by atomic mass is 19.4. The Balaban J connectivity index is 1.82. The van der Waals surface area contributed by atoms with Crippen LogP contribution in [-0.4, -0.2) is 28.0 Å². The summed E-state index contributed by atoms with van der Waals surface area (Å²) in [5.74, 6) is -1.55. The summed E-state index contributed by atoms with van der Waals surface area (Å²) in [4.78, 5) is 11.4. The molecule has 6 heteroatoms. The second kappa shape index (κ2) is 6.73. The second-order valence-corrected chi connectivity index (χ2v) is 8.12. The second-order valence-electron chi connectivity index (χ2n) is 8.12. The Morgan fingerprint density at radius 2 is 1.83 bits per heavy atom. The van der Waals surface area contributed by atoms with Crippen LogP contribution in [0.5, 0.6) is 0 Å². The molecule has 0 aromatic heterocycles. The number of aliphatic hydroxyl groups is 1. The van der Waals surface area contributed by atoms with E-state index in [0.29, 0.717) is 6.42 Å². The number of allylic oxidation sites excluding steroid dienone is 1. The average Bonchev–Trinajstić information content (AvgIpc) is 2.68. The molecule has 0 spiro atoms. The summed E-state index contributed by atoms with van der Waals surface area (Å²) in [7, 11) is 0. The zero-order valence-corrected chi connectivity index (χ0v) is 15.6. The molecule has 2 aromatic rings. The van der Waals surface area contributed by atoms with Gasteiger partial charge in [0.1, 0.15) is 0 Å². The summed E-state index contributed by atoms with van der Waals surface area (Å²) in [5, 5.41) is 19.6. The number of alkyl halides is 3. The SMILES string of the molecule is O=C(O)c1ccc2c(c1)C=CC1CC(O)(C(F)(F)F)CCC21Cc1ccccc1. The number of carbonyl (C=O) groups is 1. The van der Waals surface area contributed by atoms with Crippen molar-refractivity contribution in [3.05, 3.63) is 76.9 Å². The lowest BCUT2D eigenvalue weighted by atomic mass is 9.54. The van der Waals surface area contributed by atoms with E-state index in [1.165, 1.54) is 6.07 Å². The van der Waals surface area contributed by atoms with Gasteiger partial charge in [-0.1, -0.05) is 48.6 Å². The van der Waals surface area contributed by atoms with Crippen molar-refractivity contribution in [2.24, 2.45) is 5.92 Å². The Kier molecular flexibility index (Phi) is 4.57. The summed E-state index contributed by atoms with van der Waals surface area (Å²) in [5.41, 5.74) is -0.624. The molecule has 2 N–H and O–H groups in total. The third-order valence-corrected chi connectivity index (χ3v) is 6.49. The Morgan fingerprint density at radius 3 is 2.48 bits per heavy atom. The first-order chi connectivity index (χ1) is 13.6. The summed E-state index contributed by atoms with van der Waals surface area (Å²) >= 11 is 0. The van der Waals surface area contributed by atoms with Crippen molar-refractivity contribution in [2.45, 2.75) is 42.9 Å². The van der Waals surface area contributed by atoms with Gasteiger partial charge in [0.05, 0.1) is 5.56 Å². The molecular formula is C23H21F3O3. The van der Waals surface area contributed by atoms with Gasteiger partial charge in [-0.2, -0.15) is 13.2 Å². The van der Waals surface area contributed by atoms with Crippen molar-refractivity contribution >= 4 is 12.0 Å². The van der Waals surface area contributed by atoms with Crippen LogP contribution in [0.3, 0.4) is 0 Å². The number of hydrogen-bond acceptors (Lipinski definition) is 2. The summed E-state index contributed by atoms with van der Waals surface area (Å²) in [6, 6.07) is 14.4. The lowest BCUT2D eigenvalue weighted by Crippen LogP contribution is -2.55. The maximum absolute atomic E-state index is 13.5. The van der Waals surface area contributed by atoms with Crippen molar-refractivity contribution in [2.75, 3.05) is 0 Å². The fourth-order valence-electron chi connectivity index (χ4n) is 4.90. The van der Waals surface area contributed by atoms with Crippen molar-refractivity contribution < 1.29 is 28.2 Å². The maximum Gasteiger partial charge on any atom is 0.417 e. The first-order valence-corrected chi connectivity index (χ1v) is 9.54. The smallest absolute Gasteiger partial charge is 0.417 e. The molecule has 0 aliphatic heterocycles. The Hall–Kier alpha value is -2.60. The van der Waals surface area contributed by atoms with Gasteiger partial charge in [-0.25, -0.2) is 4.79 Å². The van der Waals surface area contributed by atoms with Gasteiger partial charge < -0.3 is 10.2 Å². The fraction of sp³-hybridized carbons (Fsp3) is 0.348. The van der Waals surface area contributed by atoms with Gasteiger partial charge in [0.25, 0.3) is 0 Å². The predicted molar refractivity (Wildman–Crippen MR) is 103 cm³/mol. The quantitative estimate of drug-likeness (QED) is 0.761. The third kappa shape index (κ3) is 3.25. The van der Waals surface area contributed by atoms with Gasteiger partial charge in [-0.05, 0) is 60.4 Å². The van der Waals surface area contributed by atoms with E-state index in [9.17, 15) is 28.2 Å². The van der Waals surface area contributed by atoms with Crippen LogP contribution in [0.1, 0.15) is 46.3 Å². The van der Waals surface area contributed by atoms with E-state index in [-0.39, 0.29) is 18.4 Å². The average molecular weight is 402 g/mol. The zero-order chi connectivity index (χ0) is 20.9. The summed E-state index contributed by atoms with van der Waals surface area (Å²) < 4.78 is 40.6. The van der Waals surface area contributed by atoms with Crippen molar-refractivity contribution in [3.63, 3.8) is 0 Å². The molecule has 29 heavy (non-hydrogen) atoms. The highest BCUT2D eigenvalue weighted by Gasteiger charge is 2.60. The molecule has 0 heterocycles. The minimum atomic E-state index is -4.69. The summed E-state index contributed by atoms with van der Waals surface area (Å²) in [6.45, 7) is 0. The van der Waals surface area contributed by atoms with Crippen LogP contribution in [0, 0.1) is 5.92 Å². The molecule has 0 radical (unpaired) electrons. The standard InChI is InChI=1S/C23H21F3O3/c24-23(25,26)22(29)11-10-21(13-15-4-2-1-3-5-15)18(14-22)8-6-16-12-17(20(27)28)7-9-19(16)21/h1-9,12,18,29H,10-11,13-14H2,(H,27,28). The largest absolute Gasteiger partial charge is 0.478 e. The molecule has 1 fully saturated rings. The molecule has 4 rings (SSSR count). The van der Waals surface area contributed by atoms with Crippen LogP contribution < -0.4 is 0 Å². The van der Waals surface area contributed by atoms with Crippen LogP contribution in [0.2, 0.25) is 0 Å². The van der Waals surface area contributed by atoms with E-state index in [1.54, 1.807) is 24.3 Å². The predicted octanol–water partition coefficient (Wildman–Crippen LogP) is 4.99. The molecule has 1 saturated carbocycles. The molecule has 0 bridgehead atoms. The maximum atomic E-state index is 13.5. The Morgan fingerprint density at radius 1 is 1.10 bits per heavy atom. The lowest BCUT2D eigenvalue weighted by Gasteiger charge is -2.51. The van der Waals surface area contributed by atoms with Gasteiger partial charge in [0.15, 0.2) is 5.60 Å². The first-order valence-electron chi connectivity index (χ1n) is 9.54. The molecule has 0 amide bonds. The normalized spacial score (nSPS) is 28.5. The number of carboxylic acids is 1. The van der Waals surface area contributed by atoms with Crippen LogP contribution in [0.4, 0.5) is 13.2 Å². The molecule has 2 aliphatic rings. The minimum absolute atomic E-state index is 0.143. The molecule has 3 atom stereocenters. The molecule has 2 aromatic carbocycles. The lowest BCUT2D eigenvalue weighted by molar-refractivity contribution is -0.277. The number of carboxylic acid groups (broad SMARTS) is 1. The third-order valence-electron chi connectivity index (χ3n) is 6.49. The van der Waals surface area contributed by atoms with Crippen LogP contribution in [0.25, 0.3) is 6.08 Å². The number of rotatable bonds is 3. The number of hydrogen-bond donors (Lipinski definition) is 2. The number of aromatic carboxylic acids is 1. The molecule has 3 unspecified atom stereocenters. The highest BCUT2D eigenvalue weighted by molar-refractivity contribution is 5.89. The van der Waals surface area contributed by atoms with Crippen molar-refractivity contribution in [1.29, 1.82) is 0 Å². The number of fused-ring (bicyclic) bond motifs is 3. The molecule has 152 valence electrons. The minimum Gasteiger partial charge on any atom is -0.478 e. The first kappa shape index (κ1) is 19.7. The van der Waals surface area contributed by atoms with Crippen LogP contribution >= 0.6 is 0 Å². The van der Waals surface area contributed by atoms with Gasteiger partial charge >= 0.3 is 12.1 Å². The monoisotopic (exact) mass is 402 g/mol. The number of benzene rings is 2. The Labute approximate surface area is 166 Å². The van der Waals surface area contributed by atoms with E-state index >= 15 is 0 Å². The molecule has 2 aliphatic carbocycles. The van der Waals surface area contributed by atoms with Gasteiger partial charge in [-0.15, -0.1) is 0 Å². The van der Waals surface area contributed by atoms with Crippen molar-refractivity contribution in [1.82, 2.24) is 0 Å². The van der Waals surface area contributed by atoms with Crippen LogP contribution in [0.15, 0.2) is 54.6 Å². The fourth-order valence-corrected chi connectivity index (χ4v) is 4.90. The van der Waals surface area contributed by atoms with Crippen molar-refractivity contribution in [3.8, 4) is 0 Å². The molecular weight excluding hydrogens is 381 g/mol. The highest BCUT2D eigenvalue weighted by Crippen LogP contribution is 2.56. The number of halogens is 3. The topological polar surface area (TPSA) is 57.5 Å². The summed E-state index contributed by atoms with van der Waals surface area (Å²) in [6.07, 6.45) is -1.38. The van der Waals surface area contributed by atoms with E-state index in [2.05, 4.69) is 0 Å². The van der Waals surface area contributed by atoms with Gasteiger partial charge in [0.2, 0.25) is 0 Å². The van der Waals surface area contributed by atoms with E-state index < -0.39 is 35.5 Å². The van der Waals surface area contributed by atoms with E-state index in [4.69, 9.17) is 0 Å². The van der Waals surface area contributed by atoms with Gasteiger partial charge in [0, 0.05) is 5.41 Å². The van der Waals surface area contributed by atoms with E-state index in [1.807, 2.05) is 30.3 Å². The van der Waals surface area contributed by atoms with E-state index in [0.717, 1.165) is 16.7 Å².